The number of hydrogen-bond acceptors (Lipinski definition) is 3. The third kappa shape index (κ3) is 5.23. The molecule has 250 valence electrons. The lowest BCUT2D eigenvalue weighted by atomic mass is 9.67. The van der Waals surface area contributed by atoms with Crippen molar-refractivity contribution >= 4 is 0 Å². The minimum atomic E-state index is 0.291. The number of nitrogens with one attached hydrogen (secondary N) is 2. The minimum Gasteiger partial charge on any atom is -0.348 e. The number of nitrogens with zero attached hydrogens (tertiary/aromatic N) is 1. The molecule has 2 aliphatic heterocycles. The molecule has 49 heavy (non-hydrogen) atoms. The first kappa shape index (κ1) is 30.2. The van der Waals surface area contributed by atoms with E-state index >= 15 is 0 Å². The van der Waals surface area contributed by atoms with Crippen molar-refractivity contribution in [2.24, 2.45) is 11.8 Å². The lowest BCUT2D eigenvalue weighted by molar-refractivity contribution is 0.272. The summed E-state index contributed by atoms with van der Waals surface area (Å²) in [7, 11) is 0. The average molecular weight is 646 g/mol. The zero-order chi connectivity index (χ0) is 32.3. The SMILES string of the molecule is C1=CC2NC(C3=CCC(C4=CC=C(C5=C6C=CC7=C(C=CCC7)C6NC6C7=C(C=CC56)CCC=C7)CC4)CC3)N(C3=CCCCC3)C2C=C1. The molecule has 7 atom stereocenters. The number of hydrogen-bond donors (Lipinski definition) is 2. The van der Waals surface area contributed by atoms with Gasteiger partial charge in [-0.15, -0.1) is 0 Å². The molecule has 0 radical (unpaired) electrons. The van der Waals surface area contributed by atoms with Crippen molar-refractivity contribution in [2.45, 2.75) is 114 Å². The van der Waals surface area contributed by atoms with Gasteiger partial charge < -0.3 is 4.90 Å². The molecule has 0 spiro atoms. The van der Waals surface area contributed by atoms with Crippen molar-refractivity contribution in [1.82, 2.24) is 15.5 Å². The Kier molecular flexibility index (Phi) is 7.76. The maximum atomic E-state index is 4.21. The number of allylic oxidation sites excluding steroid dienone is 15. The molecule has 3 nitrogen and oxygen atoms in total. The van der Waals surface area contributed by atoms with Gasteiger partial charge in [0.05, 0.1) is 18.1 Å². The van der Waals surface area contributed by atoms with E-state index in [1.807, 2.05) is 0 Å². The Bertz CT molecular complexity index is 1840. The first-order chi connectivity index (χ1) is 24.3. The summed E-state index contributed by atoms with van der Waals surface area (Å²) in [4.78, 5) is 2.75. The fourth-order valence-corrected chi connectivity index (χ4v) is 10.8. The van der Waals surface area contributed by atoms with Crippen LogP contribution in [0.3, 0.4) is 0 Å². The van der Waals surface area contributed by atoms with Crippen molar-refractivity contribution in [1.29, 1.82) is 0 Å². The van der Waals surface area contributed by atoms with Gasteiger partial charge in [0.2, 0.25) is 0 Å². The Morgan fingerprint density at radius 3 is 2.35 bits per heavy atom. The monoisotopic (exact) mass is 645 g/mol. The van der Waals surface area contributed by atoms with Crippen molar-refractivity contribution in [3.63, 3.8) is 0 Å². The third-order valence-corrected chi connectivity index (χ3v) is 13.3. The number of fused-ring (bicyclic) bond motifs is 5. The third-order valence-electron chi connectivity index (χ3n) is 13.3. The minimum absolute atomic E-state index is 0.291. The first-order valence-electron chi connectivity index (χ1n) is 19.6. The largest absolute Gasteiger partial charge is 0.348 e. The van der Waals surface area contributed by atoms with Gasteiger partial charge in [-0.3, -0.25) is 10.6 Å². The first-order valence-corrected chi connectivity index (χ1v) is 19.6. The van der Waals surface area contributed by atoms with E-state index in [1.165, 1.54) is 92.9 Å². The molecule has 1 saturated heterocycles. The van der Waals surface area contributed by atoms with E-state index in [4.69, 9.17) is 0 Å². The van der Waals surface area contributed by atoms with Gasteiger partial charge in [0.1, 0.15) is 6.17 Å². The molecule has 0 amide bonds. The van der Waals surface area contributed by atoms with Crippen molar-refractivity contribution in [3.05, 3.63) is 153 Å². The zero-order valence-electron chi connectivity index (χ0n) is 28.9. The van der Waals surface area contributed by atoms with E-state index in [9.17, 15) is 0 Å². The second-order valence-corrected chi connectivity index (χ2v) is 15.9. The summed E-state index contributed by atoms with van der Waals surface area (Å²) < 4.78 is 0. The highest BCUT2D eigenvalue weighted by atomic mass is 15.4. The van der Waals surface area contributed by atoms with E-state index in [2.05, 4.69) is 113 Å². The average Bonchev–Trinajstić information content (AvgIpc) is 3.57. The Morgan fingerprint density at radius 2 is 1.53 bits per heavy atom. The van der Waals surface area contributed by atoms with Crippen LogP contribution < -0.4 is 10.6 Å². The molecule has 0 aromatic heterocycles. The lowest BCUT2D eigenvalue weighted by Gasteiger charge is -2.45. The Labute approximate surface area is 293 Å². The maximum Gasteiger partial charge on any atom is 0.103 e. The van der Waals surface area contributed by atoms with Crippen LogP contribution in [-0.2, 0) is 0 Å². The predicted molar refractivity (Wildman–Crippen MR) is 202 cm³/mol. The molecule has 10 rings (SSSR count). The highest BCUT2D eigenvalue weighted by Crippen LogP contribution is 2.48. The highest BCUT2D eigenvalue weighted by Gasteiger charge is 2.43. The molecule has 0 aromatic rings. The fraction of sp³-hybridized carbons (Fsp3) is 0.435. The molecule has 2 heterocycles. The highest BCUT2D eigenvalue weighted by molar-refractivity contribution is 5.63. The van der Waals surface area contributed by atoms with Crippen molar-refractivity contribution < 1.29 is 0 Å². The molecule has 2 N–H and O–H groups in total. The molecule has 1 fully saturated rings. The molecule has 0 bridgehead atoms. The van der Waals surface area contributed by atoms with Gasteiger partial charge in [0, 0.05) is 17.7 Å². The van der Waals surface area contributed by atoms with Crippen LogP contribution >= 0.6 is 0 Å². The molecule has 10 aliphatic rings. The lowest BCUT2D eigenvalue weighted by Crippen LogP contribution is -2.52. The molecular weight excluding hydrogens is 595 g/mol. The van der Waals surface area contributed by atoms with Crippen LogP contribution in [0.5, 0.6) is 0 Å². The zero-order valence-corrected chi connectivity index (χ0v) is 28.9. The van der Waals surface area contributed by atoms with Crippen LogP contribution in [0.4, 0.5) is 0 Å². The Balaban J connectivity index is 0.924. The fourth-order valence-electron chi connectivity index (χ4n) is 10.8. The van der Waals surface area contributed by atoms with E-state index < -0.39 is 0 Å². The van der Waals surface area contributed by atoms with Crippen LogP contribution in [0.25, 0.3) is 0 Å². The van der Waals surface area contributed by atoms with Crippen molar-refractivity contribution in [3.8, 4) is 0 Å². The van der Waals surface area contributed by atoms with Gasteiger partial charge in [-0.2, -0.15) is 0 Å². The van der Waals surface area contributed by atoms with Gasteiger partial charge in [0.15, 0.2) is 0 Å². The molecule has 0 saturated carbocycles. The normalized spacial score (nSPS) is 36.1. The van der Waals surface area contributed by atoms with Gasteiger partial charge in [0.25, 0.3) is 0 Å². The summed E-state index contributed by atoms with van der Waals surface area (Å²) in [5.74, 6) is 1.06. The summed E-state index contributed by atoms with van der Waals surface area (Å²) >= 11 is 0. The summed E-state index contributed by atoms with van der Waals surface area (Å²) in [5.41, 5.74) is 15.7. The molecule has 8 aliphatic carbocycles. The van der Waals surface area contributed by atoms with Gasteiger partial charge in [-0.05, 0) is 134 Å². The Hall–Kier alpha value is -3.66. The standard InChI is InChI=1S/C46H51N3/c1-2-12-36(13-3-1)49-42-17-9-8-16-41(42)47-46(49)35-24-20-31(21-25-35)30-18-22-34(23-19-30)43-39-28-26-32-10-4-6-14-37(32)44(39)48-45-38-15-7-5-11-33(38)27-29-40(43)45/h6-9,12,14-18,22,24,26-29,31,39,41-42,44-48H,1-5,10-11,13,19-21,23,25H2. The molecule has 0 aromatic carbocycles. The van der Waals surface area contributed by atoms with Crippen molar-refractivity contribution in [2.75, 3.05) is 0 Å². The van der Waals surface area contributed by atoms with E-state index in [-0.39, 0.29) is 0 Å². The summed E-state index contributed by atoms with van der Waals surface area (Å²) in [5, 5.41) is 8.25. The van der Waals surface area contributed by atoms with E-state index in [1.54, 1.807) is 33.6 Å². The maximum absolute atomic E-state index is 4.21. The van der Waals surface area contributed by atoms with Crippen LogP contribution in [-0.4, -0.2) is 35.2 Å². The summed E-state index contributed by atoms with van der Waals surface area (Å²) in [6.45, 7) is 0. The smallest absolute Gasteiger partial charge is 0.103 e. The van der Waals surface area contributed by atoms with E-state index in [0.29, 0.717) is 42.2 Å². The van der Waals surface area contributed by atoms with Gasteiger partial charge in [-0.1, -0.05) is 103 Å². The van der Waals surface area contributed by atoms with Crippen LogP contribution in [0.2, 0.25) is 0 Å². The second kappa shape index (κ2) is 12.6. The summed E-state index contributed by atoms with van der Waals surface area (Å²) in [6.07, 6.45) is 55.3. The van der Waals surface area contributed by atoms with Crippen LogP contribution in [0.1, 0.15) is 83.5 Å². The predicted octanol–water partition coefficient (Wildman–Crippen LogP) is 9.60. The number of rotatable bonds is 4. The Morgan fingerprint density at radius 1 is 0.653 bits per heavy atom. The van der Waals surface area contributed by atoms with Crippen LogP contribution in [0.15, 0.2) is 153 Å². The molecular formula is C46H51N3. The summed E-state index contributed by atoms with van der Waals surface area (Å²) in [6, 6.07) is 1.50. The second-order valence-electron chi connectivity index (χ2n) is 15.9. The topological polar surface area (TPSA) is 27.3 Å². The molecule has 3 heteroatoms. The quantitative estimate of drug-likeness (QED) is 0.298. The van der Waals surface area contributed by atoms with E-state index in [0.717, 1.165) is 12.8 Å². The molecule has 7 unspecified atom stereocenters. The van der Waals surface area contributed by atoms with Gasteiger partial charge in [-0.25, -0.2) is 0 Å². The van der Waals surface area contributed by atoms with Crippen LogP contribution in [0, 0.1) is 11.8 Å². The van der Waals surface area contributed by atoms with Gasteiger partial charge >= 0.3 is 0 Å².